The lowest BCUT2D eigenvalue weighted by Crippen LogP contribution is -2.71. The Morgan fingerprint density at radius 2 is 0.925 bits per heavy atom. The molecule has 240 valence electrons. The van der Waals surface area contributed by atoms with Gasteiger partial charge in [0.1, 0.15) is 0 Å². The maximum atomic E-state index is 13.5. The van der Waals surface area contributed by atoms with Crippen LogP contribution in [0.25, 0.3) is 0 Å². The number of hydrogen-bond acceptors (Lipinski definition) is 4. The van der Waals surface area contributed by atoms with E-state index in [9.17, 15) is 88.2 Å². The normalized spacial score (nSPS) is 15.8. The largest absolute Gasteiger partial charge is 0.465 e. The maximum absolute atomic E-state index is 13.5. The van der Waals surface area contributed by atoms with Crippen molar-refractivity contribution in [1.29, 1.82) is 0 Å². The van der Waals surface area contributed by atoms with Gasteiger partial charge in [-0.05, 0) is 20.3 Å². The fraction of sp³-hybridized carbons (Fsp3) is 0.941. The van der Waals surface area contributed by atoms with E-state index in [1.54, 1.807) is 0 Å². The van der Waals surface area contributed by atoms with E-state index < -0.39 is 78.7 Å². The van der Waals surface area contributed by atoms with Gasteiger partial charge in [0.25, 0.3) is 0 Å². The van der Waals surface area contributed by atoms with Crippen LogP contribution in [0.5, 0.6) is 0 Å². The van der Waals surface area contributed by atoms with Crippen LogP contribution in [0.4, 0.5) is 83.4 Å². The van der Waals surface area contributed by atoms with Crippen LogP contribution >= 0.6 is 0 Å². The van der Waals surface area contributed by atoms with Crippen molar-refractivity contribution >= 4 is 5.97 Å². The minimum Gasteiger partial charge on any atom is -0.465 e. The number of halogens is 19. The summed E-state index contributed by atoms with van der Waals surface area (Å²) < 4.78 is 256. The summed E-state index contributed by atoms with van der Waals surface area (Å²) in [7, 11) is 0. The highest BCUT2D eigenvalue weighted by Crippen LogP contribution is 2.61. The molecule has 0 bridgehead atoms. The molecule has 0 aliphatic carbocycles. The summed E-state index contributed by atoms with van der Waals surface area (Å²) in [5.74, 6) is -35.4. The topological polar surface area (TPSA) is 44.8 Å². The monoisotopic (exact) mass is 644 g/mol. The van der Waals surface area contributed by atoms with Crippen LogP contribution in [-0.4, -0.2) is 66.9 Å². The van der Waals surface area contributed by atoms with E-state index in [-0.39, 0.29) is 6.42 Å². The second kappa shape index (κ2) is 10.7. The van der Waals surface area contributed by atoms with Crippen molar-refractivity contribution in [2.24, 2.45) is 5.41 Å². The van der Waals surface area contributed by atoms with Crippen LogP contribution < -0.4 is 0 Å². The summed E-state index contributed by atoms with van der Waals surface area (Å²) in [5, 5.41) is 0. The molecule has 0 aromatic heterocycles. The third kappa shape index (κ3) is 6.92. The number of ether oxygens (including phenoxy) is 3. The van der Waals surface area contributed by atoms with Crippen LogP contribution in [-0.2, 0) is 19.0 Å². The maximum Gasteiger partial charge on any atom is 0.460 e. The van der Waals surface area contributed by atoms with Crippen LogP contribution in [0, 0.1) is 5.41 Å². The molecule has 0 aliphatic heterocycles. The highest BCUT2D eigenvalue weighted by atomic mass is 19.4. The van der Waals surface area contributed by atoms with Crippen LogP contribution in [0.15, 0.2) is 0 Å². The quantitative estimate of drug-likeness (QED) is 0.143. The Balaban J connectivity index is 6.03. The van der Waals surface area contributed by atoms with Crippen molar-refractivity contribution in [3.05, 3.63) is 0 Å². The summed E-state index contributed by atoms with van der Waals surface area (Å²) in [6.07, 6.45) is -38.9. The molecule has 0 aromatic carbocycles. The zero-order valence-corrected chi connectivity index (χ0v) is 19.4. The fourth-order valence-corrected chi connectivity index (χ4v) is 1.94. The Morgan fingerprint density at radius 3 is 1.30 bits per heavy atom. The first-order valence-corrected chi connectivity index (χ1v) is 9.77. The van der Waals surface area contributed by atoms with Crippen molar-refractivity contribution in [3.8, 4) is 0 Å². The van der Waals surface area contributed by atoms with Crippen molar-refractivity contribution in [2.75, 3.05) is 6.61 Å². The molecule has 0 unspecified atom stereocenters. The van der Waals surface area contributed by atoms with Crippen molar-refractivity contribution < 1.29 is 102 Å². The van der Waals surface area contributed by atoms with Gasteiger partial charge in [0, 0.05) is 0 Å². The molecular weight excluding hydrogens is 629 g/mol. The minimum atomic E-state index is -8.70. The van der Waals surface area contributed by atoms with Gasteiger partial charge in [-0.1, -0.05) is 6.92 Å². The molecule has 0 atom stereocenters. The third-order valence-corrected chi connectivity index (χ3v) is 4.84. The summed E-state index contributed by atoms with van der Waals surface area (Å²) in [5.41, 5.74) is -1.36. The van der Waals surface area contributed by atoms with Gasteiger partial charge < -0.3 is 4.74 Å². The van der Waals surface area contributed by atoms with Gasteiger partial charge in [0.2, 0.25) is 0 Å². The molecular formula is C17H15F19O4. The first-order chi connectivity index (χ1) is 17.1. The molecule has 0 N–H and O–H groups in total. The van der Waals surface area contributed by atoms with E-state index in [0.717, 1.165) is 0 Å². The molecule has 40 heavy (non-hydrogen) atoms. The Hall–Kier alpha value is -1.94. The summed E-state index contributed by atoms with van der Waals surface area (Å²) >= 11 is 0. The molecule has 0 fully saturated rings. The Kier molecular flexibility index (Phi) is 10.2. The van der Waals surface area contributed by atoms with Crippen LogP contribution in [0.1, 0.15) is 33.6 Å². The third-order valence-electron chi connectivity index (χ3n) is 4.84. The molecule has 0 amide bonds. The number of esters is 1. The van der Waals surface area contributed by atoms with E-state index in [1.807, 2.05) is 0 Å². The second-order valence-electron chi connectivity index (χ2n) is 8.31. The van der Waals surface area contributed by atoms with Gasteiger partial charge in [0.15, 0.2) is 0 Å². The molecule has 23 heteroatoms. The van der Waals surface area contributed by atoms with E-state index in [0.29, 0.717) is 0 Å². The van der Waals surface area contributed by atoms with Crippen molar-refractivity contribution in [2.45, 2.75) is 87.9 Å². The first kappa shape index (κ1) is 38.1. The molecule has 0 rings (SSSR count). The SMILES string of the molecule is CCC(C)(C)C(=O)OCCC(F)(F)OC(F)(F)C(F)(F)OC(F)(F)C(F)(F)C(F)(F)C(F)(F)C(F)(F)C(F)(F)F. The lowest BCUT2D eigenvalue weighted by atomic mass is 9.91. The Morgan fingerprint density at radius 1 is 0.550 bits per heavy atom. The number of rotatable bonds is 14. The predicted molar refractivity (Wildman–Crippen MR) is 87.4 cm³/mol. The smallest absolute Gasteiger partial charge is 0.460 e. The zero-order valence-electron chi connectivity index (χ0n) is 19.4. The number of carbonyl (C=O) groups is 1. The summed E-state index contributed by atoms with van der Waals surface area (Å²) in [6, 6.07) is 0. The number of carbonyl (C=O) groups excluding carboxylic acids is 1. The Labute approximate surface area is 209 Å². The van der Waals surface area contributed by atoms with Gasteiger partial charge >= 0.3 is 60.3 Å². The molecule has 0 saturated carbocycles. The van der Waals surface area contributed by atoms with E-state index in [2.05, 4.69) is 9.47 Å². The van der Waals surface area contributed by atoms with Gasteiger partial charge in [-0.2, -0.15) is 83.4 Å². The van der Waals surface area contributed by atoms with Crippen molar-refractivity contribution in [3.63, 3.8) is 0 Å². The Bertz CT molecular complexity index is 894. The zero-order chi connectivity index (χ0) is 32.8. The lowest BCUT2D eigenvalue weighted by Gasteiger charge is -2.40. The number of hydrogen-bond donors (Lipinski definition) is 0. The second-order valence-corrected chi connectivity index (χ2v) is 8.31. The van der Waals surface area contributed by atoms with Crippen LogP contribution in [0.3, 0.4) is 0 Å². The van der Waals surface area contributed by atoms with Crippen LogP contribution in [0.2, 0.25) is 0 Å². The van der Waals surface area contributed by atoms with Crippen molar-refractivity contribution in [1.82, 2.24) is 0 Å². The molecule has 0 saturated heterocycles. The summed E-state index contributed by atoms with van der Waals surface area (Å²) in [6.45, 7) is 2.16. The minimum absolute atomic E-state index is 0.0119. The first-order valence-electron chi connectivity index (χ1n) is 9.77. The number of alkyl halides is 19. The predicted octanol–water partition coefficient (Wildman–Crippen LogP) is 7.86. The molecule has 0 aromatic rings. The van der Waals surface area contributed by atoms with E-state index in [4.69, 9.17) is 0 Å². The molecule has 4 nitrogen and oxygen atoms in total. The van der Waals surface area contributed by atoms with Gasteiger partial charge in [-0.3, -0.25) is 4.79 Å². The standard InChI is InChI=1S/C17H15F19O4/c1-4-8(2,3)7(37)38-6-5-9(18,19)39-16(33,34)17(35,36)40-15(31,32)13(26,27)11(22,23)10(20,21)12(24,25)14(28,29)30/h4-6H2,1-3H3. The summed E-state index contributed by atoms with van der Waals surface area (Å²) in [4.78, 5) is 11.6. The highest BCUT2D eigenvalue weighted by Gasteiger charge is 2.92. The van der Waals surface area contributed by atoms with E-state index in [1.165, 1.54) is 25.5 Å². The van der Waals surface area contributed by atoms with E-state index >= 15 is 0 Å². The lowest BCUT2D eigenvalue weighted by molar-refractivity contribution is -0.544. The van der Waals surface area contributed by atoms with Gasteiger partial charge in [0.05, 0.1) is 18.4 Å². The van der Waals surface area contributed by atoms with Gasteiger partial charge in [-0.15, -0.1) is 0 Å². The highest BCUT2D eigenvalue weighted by molar-refractivity contribution is 5.75. The van der Waals surface area contributed by atoms with Gasteiger partial charge in [-0.25, -0.2) is 9.47 Å². The fourth-order valence-electron chi connectivity index (χ4n) is 1.94. The average Bonchev–Trinajstić information content (AvgIpc) is 2.70. The molecule has 0 aliphatic rings. The molecule has 0 radical (unpaired) electrons. The molecule has 0 spiro atoms. The average molecular weight is 644 g/mol. The molecule has 0 heterocycles.